The number of carbonyl (C=O) groups is 1. The molecule has 6 nitrogen and oxygen atoms in total. The van der Waals surface area contributed by atoms with Crippen molar-refractivity contribution in [2.75, 3.05) is 13.2 Å². The number of hydrogen-bond donors (Lipinski definition) is 1. The molecule has 0 saturated heterocycles. The number of amides is 1. The largest absolute Gasteiger partial charge is 0.490 e. The molecule has 27 heavy (non-hydrogen) atoms. The molecule has 0 radical (unpaired) electrons. The van der Waals surface area contributed by atoms with Crippen molar-refractivity contribution in [1.82, 2.24) is 14.9 Å². The highest BCUT2D eigenvalue weighted by molar-refractivity contribution is 5.95. The molecular formula is C21H21N3O3. The van der Waals surface area contributed by atoms with Crippen molar-refractivity contribution in [3.8, 4) is 11.5 Å². The third-order valence-corrected chi connectivity index (χ3v) is 4.53. The van der Waals surface area contributed by atoms with Gasteiger partial charge in [0.1, 0.15) is 11.9 Å². The van der Waals surface area contributed by atoms with Gasteiger partial charge in [-0.2, -0.15) is 0 Å². The Balaban J connectivity index is 1.63. The predicted octanol–water partition coefficient (Wildman–Crippen LogP) is 3.10. The third kappa shape index (κ3) is 3.65. The van der Waals surface area contributed by atoms with Crippen LogP contribution in [0.15, 0.2) is 60.9 Å². The summed E-state index contributed by atoms with van der Waals surface area (Å²) in [6, 6.07) is 14.7. The minimum atomic E-state index is -0.352. The molecule has 0 saturated carbocycles. The molecule has 0 spiro atoms. The van der Waals surface area contributed by atoms with Crippen molar-refractivity contribution in [3.05, 3.63) is 77.9 Å². The number of benzene rings is 2. The monoisotopic (exact) mass is 363 g/mol. The van der Waals surface area contributed by atoms with Gasteiger partial charge in [-0.3, -0.25) is 4.79 Å². The number of aryl methyl sites for hydroxylation is 1. The van der Waals surface area contributed by atoms with E-state index in [1.807, 2.05) is 48.1 Å². The number of imidazole rings is 1. The maximum absolute atomic E-state index is 13.0. The second-order valence-electron chi connectivity index (χ2n) is 6.43. The number of fused-ring (bicyclic) bond motifs is 1. The molecule has 1 unspecified atom stereocenters. The smallest absolute Gasteiger partial charge is 0.252 e. The Morgan fingerprint density at radius 2 is 1.89 bits per heavy atom. The summed E-state index contributed by atoms with van der Waals surface area (Å²) in [7, 11) is 1.91. The van der Waals surface area contributed by atoms with Crippen LogP contribution in [-0.2, 0) is 7.05 Å². The number of nitrogens with zero attached hydrogens (tertiary/aromatic N) is 2. The van der Waals surface area contributed by atoms with Gasteiger partial charge in [0.05, 0.1) is 13.2 Å². The summed E-state index contributed by atoms with van der Waals surface area (Å²) in [5.74, 6) is 1.85. The molecule has 0 aliphatic carbocycles. The normalized spacial score (nSPS) is 14.3. The Hall–Kier alpha value is -3.28. The van der Waals surface area contributed by atoms with Gasteiger partial charge in [-0.15, -0.1) is 0 Å². The summed E-state index contributed by atoms with van der Waals surface area (Å²) in [6.45, 7) is 1.20. The van der Waals surface area contributed by atoms with Gasteiger partial charge in [-0.1, -0.05) is 30.3 Å². The topological polar surface area (TPSA) is 65.4 Å². The molecule has 1 atom stereocenters. The second-order valence-corrected chi connectivity index (χ2v) is 6.43. The van der Waals surface area contributed by atoms with Crippen molar-refractivity contribution in [2.45, 2.75) is 12.5 Å². The minimum absolute atomic E-state index is 0.192. The van der Waals surface area contributed by atoms with E-state index in [1.54, 1.807) is 24.4 Å². The lowest BCUT2D eigenvalue weighted by Gasteiger charge is -2.19. The third-order valence-electron chi connectivity index (χ3n) is 4.53. The van der Waals surface area contributed by atoms with Crippen LogP contribution in [0.4, 0.5) is 0 Å². The van der Waals surface area contributed by atoms with Crippen LogP contribution < -0.4 is 14.8 Å². The zero-order valence-corrected chi connectivity index (χ0v) is 15.1. The fourth-order valence-corrected chi connectivity index (χ4v) is 3.12. The Kier molecular flexibility index (Phi) is 4.78. The van der Waals surface area contributed by atoms with Crippen molar-refractivity contribution >= 4 is 5.91 Å². The van der Waals surface area contributed by atoms with Crippen LogP contribution in [0.5, 0.6) is 11.5 Å². The highest BCUT2D eigenvalue weighted by Crippen LogP contribution is 2.31. The van der Waals surface area contributed by atoms with Crippen LogP contribution in [-0.4, -0.2) is 28.7 Å². The molecule has 0 bridgehead atoms. The lowest BCUT2D eigenvalue weighted by molar-refractivity contribution is 0.0940. The van der Waals surface area contributed by atoms with Crippen molar-refractivity contribution < 1.29 is 14.3 Å². The maximum Gasteiger partial charge on any atom is 0.252 e. The van der Waals surface area contributed by atoms with Gasteiger partial charge in [0.25, 0.3) is 5.91 Å². The van der Waals surface area contributed by atoms with Crippen LogP contribution >= 0.6 is 0 Å². The fraction of sp³-hybridized carbons (Fsp3) is 0.238. The van der Waals surface area contributed by atoms with E-state index < -0.39 is 0 Å². The first kappa shape index (κ1) is 17.1. The summed E-state index contributed by atoms with van der Waals surface area (Å²) in [5, 5.41) is 3.10. The first-order valence-electron chi connectivity index (χ1n) is 8.95. The number of rotatable bonds is 4. The average Bonchev–Trinajstić information content (AvgIpc) is 2.98. The Morgan fingerprint density at radius 3 is 2.63 bits per heavy atom. The predicted molar refractivity (Wildman–Crippen MR) is 101 cm³/mol. The quantitative estimate of drug-likeness (QED) is 0.774. The standard InChI is InChI=1S/C21H21N3O3/c1-24-11-10-22-20(24)19(15-6-3-2-4-7-15)23-21(25)16-8-9-17-18(14-16)27-13-5-12-26-17/h2-4,6-11,14,19H,5,12-13H2,1H3,(H,23,25). The van der Waals surface area contributed by atoms with Gasteiger partial charge in [-0.25, -0.2) is 4.98 Å². The van der Waals surface area contributed by atoms with Gasteiger partial charge in [-0.05, 0) is 23.8 Å². The van der Waals surface area contributed by atoms with Crippen molar-refractivity contribution in [1.29, 1.82) is 0 Å². The van der Waals surface area contributed by atoms with Crippen LogP contribution in [0.3, 0.4) is 0 Å². The highest BCUT2D eigenvalue weighted by Gasteiger charge is 2.22. The number of aromatic nitrogens is 2. The zero-order valence-electron chi connectivity index (χ0n) is 15.1. The van der Waals surface area contributed by atoms with E-state index in [-0.39, 0.29) is 11.9 Å². The van der Waals surface area contributed by atoms with E-state index in [9.17, 15) is 4.79 Å². The Bertz CT molecular complexity index is 937. The van der Waals surface area contributed by atoms with Gasteiger partial charge >= 0.3 is 0 Å². The number of hydrogen-bond acceptors (Lipinski definition) is 4. The van der Waals surface area contributed by atoms with Crippen molar-refractivity contribution in [3.63, 3.8) is 0 Å². The molecule has 1 N–H and O–H groups in total. The Labute approximate surface area is 157 Å². The summed E-state index contributed by atoms with van der Waals surface area (Å²) in [4.78, 5) is 17.4. The van der Waals surface area contributed by atoms with E-state index in [0.717, 1.165) is 17.8 Å². The molecular weight excluding hydrogens is 342 g/mol. The molecule has 4 rings (SSSR count). The molecule has 2 aromatic carbocycles. The van der Waals surface area contributed by atoms with Crippen LogP contribution in [0.1, 0.15) is 34.2 Å². The molecule has 0 fully saturated rings. The van der Waals surface area contributed by atoms with E-state index in [1.165, 1.54) is 0 Å². The number of ether oxygens (including phenoxy) is 2. The minimum Gasteiger partial charge on any atom is -0.490 e. The highest BCUT2D eigenvalue weighted by atomic mass is 16.5. The van der Waals surface area contributed by atoms with Gasteiger partial charge < -0.3 is 19.4 Å². The van der Waals surface area contributed by atoms with Gasteiger partial charge in [0.2, 0.25) is 0 Å². The SMILES string of the molecule is Cn1ccnc1C(NC(=O)c1ccc2c(c1)OCCCO2)c1ccccc1. The lowest BCUT2D eigenvalue weighted by Crippen LogP contribution is -2.31. The zero-order chi connectivity index (χ0) is 18.6. The summed E-state index contributed by atoms with van der Waals surface area (Å²) in [6.07, 6.45) is 4.42. The first-order chi connectivity index (χ1) is 13.2. The fourth-order valence-electron chi connectivity index (χ4n) is 3.12. The van der Waals surface area contributed by atoms with Crippen LogP contribution in [0.2, 0.25) is 0 Å². The molecule has 1 amide bonds. The Morgan fingerprint density at radius 1 is 1.11 bits per heavy atom. The summed E-state index contributed by atoms with van der Waals surface area (Å²) >= 11 is 0. The molecule has 3 aromatic rings. The second kappa shape index (κ2) is 7.53. The molecule has 2 heterocycles. The molecule has 1 aliphatic heterocycles. The van der Waals surface area contributed by atoms with Crippen LogP contribution in [0, 0.1) is 0 Å². The number of nitrogens with one attached hydrogen (secondary N) is 1. The van der Waals surface area contributed by atoms with Gasteiger partial charge in [0, 0.05) is 31.4 Å². The average molecular weight is 363 g/mol. The molecule has 138 valence electrons. The van der Waals surface area contributed by atoms with Crippen LogP contribution in [0.25, 0.3) is 0 Å². The molecule has 6 heteroatoms. The first-order valence-corrected chi connectivity index (χ1v) is 8.95. The lowest BCUT2D eigenvalue weighted by atomic mass is 10.1. The van der Waals surface area contributed by atoms with Crippen molar-refractivity contribution in [2.24, 2.45) is 7.05 Å². The van der Waals surface area contributed by atoms with E-state index >= 15 is 0 Å². The summed E-state index contributed by atoms with van der Waals surface area (Å²) in [5.41, 5.74) is 1.49. The van der Waals surface area contributed by atoms with E-state index in [2.05, 4.69) is 10.3 Å². The number of carbonyl (C=O) groups excluding carboxylic acids is 1. The maximum atomic E-state index is 13.0. The summed E-state index contributed by atoms with van der Waals surface area (Å²) < 4.78 is 13.2. The van der Waals surface area contributed by atoms with E-state index in [4.69, 9.17) is 9.47 Å². The molecule has 1 aromatic heterocycles. The van der Waals surface area contributed by atoms with E-state index in [0.29, 0.717) is 30.3 Å². The van der Waals surface area contributed by atoms with Gasteiger partial charge in [0.15, 0.2) is 11.5 Å². The molecule has 1 aliphatic rings.